The first-order valence-electron chi connectivity index (χ1n) is 2.00. The molecule has 0 aromatic carbocycles. The van der Waals surface area contributed by atoms with Crippen LogP contribution in [0.25, 0.3) is 0 Å². The Kier molecular flexibility index (Phi) is 13.4. The van der Waals surface area contributed by atoms with Crippen LogP contribution in [0.2, 0.25) is 0 Å². The molecular weight excluding hydrogens is 173 g/mol. The SMILES string of the molecule is O=POCC(O)CCl.[H-].[Na+]. The number of aliphatic hydroxyl groups is 1. The van der Waals surface area contributed by atoms with Gasteiger partial charge in [0.25, 0.3) is 0 Å². The summed E-state index contributed by atoms with van der Waals surface area (Å²) in [7, 11) is -0.419. The summed E-state index contributed by atoms with van der Waals surface area (Å²) in [5, 5.41) is 8.59. The minimum atomic E-state index is -0.710. The largest absolute Gasteiger partial charge is 1.00 e. The molecule has 50 valence electrons. The molecule has 1 atom stereocenters. The van der Waals surface area contributed by atoms with Crippen LogP contribution >= 0.6 is 20.3 Å². The van der Waals surface area contributed by atoms with Gasteiger partial charge in [-0.2, -0.15) is 0 Å². The molecule has 0 aromatic heterocycles. The van der Waals surface area contributed by atoms with Crippen LogP contribution in [0.3, 0.4) is 0 Å². The number of aliphatic hydroxyl groups excluding tert-OH is 1. The van der Waals surface area contributed by atoms with E-state index in [4.69, 9.17) is 16.7 Å². The van der Waals surface area contributed by atoms with Crippen molar-refractivity contribution in [2.24, 2.45) is 0 Å². The van der Waals surface area contributed by atoms with E-state index in [0.29, 0.717) is 0 Å². The van der Waals surface area contributed by atoms with Crippen molar-refractivity contribution in [2.75, 3.05) is 12.5 Å². The zero-order valence-electron chi connectivity index (χ0n) is 6.08. The van der Waals surface area contributed by atoms with Crippen LogP contribution < -0.4 is 29.6 Å². The van der Waals surface area contributed by atoms with Crippen molar-refractivity contribution in [3.8, 4) is 0 Å². The maximum Gasteiger partial charge on any atom is 1.00 e. The van der Waals surface area contributed by atoms with E-state index >= 15 is 0 Å². The molecular formula is C3H7ClNaO3P. The molecule has 0 fully saturated rings. The van der Waals surface area contributed by atoms with E-state index in [2.05, 4.69) is 4.52 Å². The molecule has 1 N–H and O–H groups in total. The van der Waals surface area contributed by atoms with Crippen LogP contribution in [0, 0.1) is 0 Å². The van der Waals surface area contributed by atoms with E-state index in [1.54, 1.807) is 0 Å². The van der Waals surface area contributed by atoms with Crippen LogP contribution in [-0.4, -0.2) is 23.7 Å². The Labute approximate surface area is 83.8 Å². The summed E-state index contributed by atoms with van der Waals surface area (Å²) in [4.78, 5) is 0. The van der Waals surface area contributed by atoms with Gasteiger partial charge in [0.2, 0.25) is 0 Å². The third-order valence-corrected chi connectivity index (χ3v) is 1.11. The Balaban J connectivity index is -0.000000245. The van der Waals surface area contributed by atoms with Gasteiger partial charge >= 0.3 is 38.2 Å². The molecule has 9 heavy (non-hydrogen) atoms. The van der Waals surface area contributed by atoms with Gasteiger partial charge in [-0.25, -0.2) is 4.57 Å². The molecule has 0 heterocycles. The van der Waals surface area contributed by atoms with Crippen LogP contribution in [0.15, 0.2) is 0 Å². The number of rotatable bonds is 4. The van der Waals surface area contributed by atoms with Crippen LogP contribution in [0.1, 0.15) is 1.43 Å². The Morgan fingerprint density at radius 2 is 2.44 bits per heavy atom. The van der Waals surface area contributed by atoms with Crippen molar-refractivity contribution in [3.63, 3.8) is 0 Å². The fourth-order valence-electron chi connectivity index (χ4n) is 0.161. The second kappa shape index (κ2) is 9.31. The minimum Gasteiger partial charge on any atom is -1.00 e. The van der Waals surface area contributed by atoms with Crippen molar-refractivity contribution < 1.29 is 45.2 Å². The number of hydrogen-bond acceptors (Lipinski definition) is 3. The van der Waals surface area contributed by atoms with E-state index in [-0.39, 0.29) is 43.5 Å². The molecule has 0 spiro atoms. The Hall–Kier alpha value is 1.31. The average Bonchev–Trinajstić information content (AvgIpc) is 1.83. The summed E-state index contributed by atoms with van der Waals surface area (Å²) in [6, 6.07) is 0. The maximum atomic E-state index is 9.55. The molecule has 0 radical (unpaired) electrons. The Morgan fingerprint density at radius 3 is 2.78 bits per heavy atom. The first kappa shape index (κ1) is 12.9. The molecule has 6 heteroatoms. The van der Waals surface area contributed by atoms with Gasteiger partial charge in [0, 0.05) is 0 Å². The van der Waals surface area contributed by atoms with E-state index in [9.17, 15) is 4.57 Å². The van der Waals surface area contributed by atoms with Gasteiger partial charge in [0.05, 0.1) is 18.6 Å². The predicted octanol–water partition coefficient (Wildman–Crippen LogP) is -2.07. The van der Waals surface area contributed by atoms with Crippen molar-refractivity contribution in [1.82, 2.24) is 0 Å². The van der Waals surface area contributed by atoms with E-state index in [1.165, 1.54) is 0 Å². The van der Waals surface area contributed by atoms with Gasteiger partial charge in [-0.3, -0.25) is 4.52 Å². The number of alkyl halides is 1. The molecule has 0 amide bonds. The van der Waals surface area contributed by atoms with Gasteiger partial charge in [-0.1, -0.05) is 0 Å². The van der Waals surface area contributed by atoms with Crippen LogP contribution in [0.5, 0.6) is 0 Å². The Morgan fingerprint density at radius 1 is 1.89 bits per heavy atom. The normalized spacial score (nSPS) is 12.7. The summed E-state index contributed by atoms with van der Waals surface area (Å²) < 4.78 is 13.8. The van der Waals surface area contributed by atoms with E-state index < -0.39 is 14.8 Å². The fourth-order valence-corrected chi connectivity index (χ4v) is 0.483. The minimum absolute atomic E-state index is 0. The van der Waals surface area contributed by atoms with Crippen molar-refractivity contribution >= 4 is 20.3 Å². The monoisotopic (exact) mass is 180 g/mol. The third kappa shape index (κ3) is 9.31. The molecule has 0 aliphatic carbocycles. The third-order valence-electron chi connectivity index (χ3n) is 0.498. The van der Waals surface area contributed by atoms with Crippen molar-refractivity contribution in [3.05, 3.63) is 0 Å². The maximum absolute atomic E-state index is 9.55. The molecule has 0 aliphatic heterocycles. The summed E-state index contributed by atoms with van der Waals surface area (Å²) in [6.07, 6.45) is -0.710. The fraction of sp³-hybridized carbons (Fsp3) is 1.00. The predicted molar refractivity (Wildman–Crippen MR) is 31.4 cm³/mol. The van der Waals surface area contributed by atoms with E-state index in [0.717, 1.165) is 0 Å². The zero-order chi connectivity index (χ0) is 6.41. The van der Waals surface area contributed by atoms with Gasteiger partial charge < -0.3 is 6.53 Å². The topological polar surface area (TPSA) is 46.5 Å². The van der Waals surface area contributed by atoms with Gasteiger partial charge in [0.1, 0.15) is 0 Å². The van der Waals surface area contributed by atoms with Crippen LogP contribution in [0.4, 0.5) is 0 Å². The van der Waals surface area contributed by atoms with Crippen molar-refractivity contribution in [2.45, 2.75) is 6.10 Å². The number of hydrogen-bond donors (Lipinski definition) is 1. The first-order chi connectivity index (χ1) is 3.81. The average molecular weight is 181 g/mol. The van der Waals surface area contributed by atoms with Gasteiger partial charge in [-0.05, 0) is 0 Å². The number of halogens is 1. The standard InChI is InChI=1S/C3H6ClO3P.Na.H/c4-1-3(5)2-7-8-6;;/h3,5H,1-2H2;;/q;+1;-1. The molecule has 0 aliphatic rings. The molecule has 0 aromatic rings. The van der Waals surface area contributed by atoms with E-state index in [1.807, 2.05) is 0 Å². The molecule has 0 saturated carbocycles. The van der Waals surface area contributed by atoms with Crippen molar-refractivity contribution in [1.29, 1.82) is 0 Å². The summed E-state index contributed by atoms with van der Waals surface area (Å²) in [6.45, 7) is 0.0224. The van der Waals surface area contributed by atoms with Gasteiger partial charge in [0.15, 0.2) is 0 Å². The zero-order valence-corrected chi connectivity index (χ0v) is 8.73. The molecule has 0 rings (SSSR count). The summed E-state index contributed by atoms with van der Waals surface area (Å²) in [5.74, 6) is 0.107. The second-order valence-electron chi connectivity index (χ2n) is 1.18. The molecule has 0 saturated heterocycles. The summed E-state index contributed by atoms with van der Waals surface area (Å²) in [5.41, 5.74) is 0. The van der Waals surface area contributed by atoms with Crippen LogP contribution in [-0.2, 0) is 9.09 Å². The Bertz CT molecular complexity index is 78.8. The molecule has 0 bridgehead atoms. The summed E-state index contributed by atoms with van der Waals surface area (Å²) >= 11 is 5.15. The second-order valence-corrected chi connectivity index (χ2v) is 1.89. The molecule has 3 nitrogen and oxygen atoms in total. The molecule has 1 unspecified atom stereocenters. The quantitative estimate of drug-likeness (QED) is 0.307. The first-order valence-corrected chi connectivity index (χ1v) is 3.26. The van der Waals surface area contributed by atoms with Gasteiger partial charge in [-0.15, -0.1) is 11.6 Å². The smallest absolute Gasteiger partial charge is 1.00 e.